The van der Waals surface area contributed by atoms with Crippen LogP contribution in [0.2, 0.25) is 0 Å². The standard InChI is InChI=1S/C19H17F4N3O4/c1-10-24-16-13(15(30-9-19(21,22)23)14(18(28)29)25(16)2)17(27)26(10)8-7-11-3-5-12(20)6-4-11/h3-6H,7-9H2,1-2H3,(H,28,29). The number of ether oxygens (including phenoxy) is 1. The quantitative estimate of drug-likeness (QED) is 0.611. The van der Waals surface area contributed by atoms with Gasteiger partial charge in [-0.25, -0.2) is 14.2 Å². The van der Waals surface area contributed by atoms with E-state index in [1.165, 1.54) is 30.7 Å². The Hall–Kier alpha value is -3.37. The minimum absolute atomic E-state index is 0.0925. The van der Waals surface area contributed by atoms with Crippen molar-refractivity contribution in [3.05, 3.63) is 57.5 Å². The molecule has 3 rings (SSSR count). The maximum atomic E-state index is 13.1. The van der Waals surface area contributed by atoms with Crippen LogP contribution in [-0.2, 0) is 20.0 Å². The van der Waals surface area contributed by atoms with E-state index >= 15 is 0 Å². The molecule has 0 aliphatic carbocycles. The van der Waals surface area contributed by atoms with Crippen LogP contribution in [0.1, 0.15) is 21.9 Å². The number of alkyl halides is 3. The molecule has 0 atom stereocenters. The van der Waals surface area contributed by atoms with E-state index in [1.54, 1.807) is 12.1 Å². The molecule has 0 bridgehead atoms. The van der Waals surface area contributed by atoms with Crippen molar-refractivity contribution in [2.24, 2.45) is 7.05 Å². The first-order valence-corrected chi connectivity index (χ1v) is 8.76. The molecular formula is C19H17F4N3O4. The molecule has 0 saturated carbocycles. The summed E-state index contributed by atoms with van der Waals surface area (Å²) in [6, 6.07) is 5.63. The molecule has 3 aromatic rings. The summed E-state index contributed by atoms with van der Waals surface area (Å²) in [5, 5.41) is 9.09. The van der Waals surface area contributed by atoms with Crippen LogP contribution >= 0.6 is 0 Å². The number of aryl methyl sites for hydroxylation is 3. The molecule has 0 fully saturated rings. The maximum absolute atomic E-state index is 13.1. The smallest absolute Gasteiger partial charge is 0.422 e. The molecule has 0 aliphatic rings. The van der Waals surface area contributed by atoms with E-state index in [1.807, 2.05) is 0 Å². The second-order valence-corrected chi connectivity index (χ2v) is 6.64. The fraction of sp³-hybridized carbons (Fsp3) is 0.316. The Morgan fingerprint density at radius 2 is 1.87 bits per heavy atom. The van der Waals surface area contributed by atoms with Crippen molar-refractivity contribution in [3.8, 4) is 5.75 Å². The number of carbonyl (C=O) groups is 1. The third-order valence-electron chi connectivity index (χ3n) is 4.56. The number of nitrogens with zero attached hydrogens (tertiary/aromatic N) is 3. The summed E-state index contributed by atoms with van der Waals surface area (Å²) >= 11 is 0. The van der Waals surface area contributed by atoms with Crippen molar-refractivity contribution in [1.82, 2.24) is 14.1 Å². The van der Waals surface area contributed by atoms with Gasteiger partial charge < -0.3 is 14.4 Å². The average Bonchev–Trinajstić information content (AvgIpc) is 2.93. The zero-order valence-corrected chi connectivity index (χ0v) is 16.0. The average molecular weight is 427 g/mol. The highest BCUT2D eigenvalue weighted by atomic mass is 19.4. The first kappa shape index (κ1) is 21.3. The Morgan fingerprint density at radius 1 is 1.23 bits per heavy atom. The van der Waals surface area contributed by atoms with Crippen LogP contribution in [-0.4, -0.2) is 38.0 Å². The van der Waals surface area contributed by atoms with Gasteiger partial charge in [0.1, 0.15) is 17.0 Å². The number of fused-ring (bicyclic) bond motifs is 1. The summed E-state index contributed by atoms with van der Waals surface area (Å²) in [5.41, 5.74) is -0.685. The Kier molecular flexibility index (Phi) is 5.55. The predicted molar refractivity (Wildman–Crippen MR) is 98.3 cm³/mol. The van der Waals surface area contributed by atoms with Gasteiger partial charge in [0.25, 0.3) is 5.56 Å². The predicted octanol–water partition coefficient (Wildman–Crippen LogP) is 3.06. The number of carboxylic acid groups (broad SMARTS) is 1. The van der Waals surface area contributed by atoms with E-state index in [0.717, 1.165) is 10.1 Å². The zero-order valence-electron chi connectivity index (χ0n) is 16.0. The van der Waals surface area contributed by atoms with Gasteiger partial charge in [0.2, 0.25) is 0 Å². The van der Waals surface area contributed by atoms with Crippen molar-refractivity contribution in [1.29, 1.82) is 0 Å². The van der Waals surface area contributed by atoms with Gasteiger partial charge in [-0.1, -0.05) is 12.1 Å². The molecular weight excluding hydrogens is 410 g/mol. The molecule has 11 heteroatoms. The number of benzene rings is 1. The van der Waals surface area contributed by atoms with Crippen LogP contribution in [0.25, 0.3) is 11.0 Å². The number of rotatable bonds is 6. The van der Waals surface area contributed by atoms with E-state index in [4.69, 9.17) is 4.74 Å². The van der Waals surface area contributed by atoms with Crippen LogP contribution in [0.15, 0.2) is 29.1 Å². The van der Waals surface area contributed by atoms with Gasteiger partial charge >= 0.3 is 12.1 Å². The van der Waals surface area contributed by atoms with Crippen LogP contribution < -0.4 is 10.3 Å². The van der Waals surface area contributed by atoms with Crippen molar-refractivity contribution >= 4 is 17.0 Å². The molecule has 2 heterocycles. The Balaban J connectivity index is 2.10. The summed E-state index contributed by atoms with van der Waals surface area (Å²) in [6.45, 7) is -0.125. The van der Waals surface area contributed by atoms with E-state index in [2.05, 4.69) is 4.98 Å². The lowest BCUT2D eigenvalue weighted by Gasteiger charge is -2.11. The van der Waals surface area contributed by atoms with Crippen LogP contribution in [0.4, 0.5) is 17.6 Å². The highest BCUT2D eigenvalue weighted by Gasteiger charge is 2.33. The van der Waals surface area contributed by atoms with Crippen LogP contribution in [0, 0.1) is 12.7 Å². The van der Waals surface area contributed by atoms with Crippen molar-refractivity contribution in [3.63, 3.8) is 0 Å². The lowest BCUT2D eigenvalue weighted by Crippen LogP contribution is -2.26. The van der Waals surface area contributed by atoms with Gasteiger partial charge in [-0.2, -0.15) is 13.2 Å². The summed E-state index contributed by atoms with van der Waals surface area (Å²) < 4.78 is 58.0. The normalized spacial score (nSPS) is 11.8. The highest BCUT2D eigenvalue weighted by molar-refractivity contribution is 5.99. The monoisotopic (exact) mass is 427 g/mol. The van der Waals surface area contributed by atoms with E-state index in [0.29, 0.717) is 6.42 Å². The van der Waals surface area contributed by atoms with Gasteiger partial charge in [0.05, 0.1) is 0 Å². The molecule has 0 amide bonds. The number of carboxylic acids is 1. The van der Waals surface area contributed by atoms with Crippen LogP contribution in [0.5, 0.6) is 5.75 Å². The molecule has 7 nitrogen and oxygen atoms in total. The zero-order chi connectivity index (χ0) is 22.2. The Labute approximate surface area is 167 Å². The highest BCUT2D eigenvalue weighted by Crippen LogP contribution is 2.31. The van der Waals surface area contributed by atoms with Crippen molar-refractivity contribution in [2.45, 2.75) is 26.1 Å². The number of hydrogen-bond acceptors (Lipinski definition) is 4. The van der Waals surface area contributed by atoms with Gasteiger partial charge in [0, 0.05) is 13.6 Å². The molecule has 0 unspecified atom stereocenters. The van der Waals surface area contributed by atoms with Crippen LogP contribution in [0.3, 0.4) is 0 Å². The lowest BCUT2D eigenvalue weighted by atomic mass is 10.1. The Bertz CT molecular complexity index is 1160. The summed E-state index contributed by atoms with van der Waals surface area (Å²) in [5.74, 6) is -2.39. The van der Waals surface area contributed by atoms with E-state index < -0.39 is 41.6 Å². The molecule has 1 N–H and O–H groups in total. The summed E-state index contributed by atoms with van der Waals surface area (Å²) in [6.07, 6.45) is -4.40. The fourth-order valence-electron chi connectivity index (χ4n) is 3.16. The molecule has 2 aromatic heterocycles. The first-order valence-electron chi connectivity index (χ1n) is 8.76. The molecule has 0 aliphatic heterocycles. The molecule has 160 valence electrons. The largest absolute Gasteiger partial charge is 0.481 e. The number of aromatic nitrogens is 3. The molecule has 0 saturated heterocycles. The van der Waals surface area contributed by atoms with Gasteiger partial charge in [-0.05, 0) is 31.0 Å². The summed E-state index contributed by atoms with van der Waals surface area (Å²) in [4.78, 5) is 28.9. The SMILES string of the molecule is Cc1nc2c(c(OCC(F)(F)F)c(C(=O)O)n2C)c(=O)n1CCc1ccc(F)cc1. The van der Waals surface area contributed by atoms with E-state index in [9.17, 15) is 32.3 Å². The topological polar surface area (TPSA) is 86.3 Å². The van der Waals surface area contributed by atoms with Gasteiger partial charge in [0.15, 0.2) is 23.7 Å². The van der Waals surface area contributed by atoms with E-state index in [-0.39, 0.29) is 23.4 Å². The molecule has 0 radical (unpaired) electrons. The lowest BCUT2D eigenvalue weighted by molar-refractivity contribution is -0.153. The first-order chi connectivity index (χ1) is 14.0. The minimum atomic E-state index is -4.72. The fourth-order valence-corrected chi connectivity index (χ4v) is 3.16. The summed E-state index contributed by atoms with van der Waals surface area (Å²) in [7, 11) is 1.28. The molecule has 30 heavy (non-hydrogen) atoms. The Morgan fingerprint density at radius 3 is 2.43 bits per heavy atom. The molecule has 0 spiro atoms. The second kappa shape index (κ2) is 7.81. The van der Waals surface area contributed by atoms with Gasteiger partial charge in [-0.3, -0.25) is 9.36 Å². The number of halogens is 4. The molecule has 1 aromatic carbocycles. The van der Waals surface area contributed by atoms with Crippen molar-refractivity contribution < 1.29 is 32.2 Å². The maximum Gasteiger partial charge on any atom is 0.422 e. The second-order valence-electron chi connectivity index (χ2n) is 6.64. The van der Waals surface area contributed by atoms with Crippen molar-refractivity contribution in [2.75, 3.05) is 6.61 Å². The minimum Gasteiger partial charge on any atom is -0.481 e. The third kappa shape index (κ3) is 4.14. The third-order valence-corrected chi connectivity index (χ3v) is 4.56. The number of aromatic carboxylic acids is 1. The van der Waals surface area contributed by atoms with Gasteiger partial charge in [-0.15, -0.1) is 0 Å². The number of hydrogen-bond donors (Lipinski definition) is 1.